The van der Waals surface area contributed by atoms with Crippen LogP contribution >= 0.6 is 34.4 Å². The second-order valence-electron chi connectivity index (χ2n) is 6.38. The smallest absolute Gasteiger partial charge is 0.293 e. The molecule has 1 saturated heterocycles. The van der Waals surface area contributed by atoms with E-state index in [4.69, 9.17) is 14.2 Å². The number of imide groups is 1. The summed E-state index contributed by atoms with van der Waals surface area (Å²) in [6.07, 6.45) is 2.60. The minimum absolute atomic E-state index is 0.196. The fraction of sp³-hybridized carbons (Fsp3) is 0.273. The Kier molecular flexibility index (Phi) is 8.03. The molecular weight excluding hydrogens is 517 g/mol. The van der Waals surface area contributed by atoms with Crippen molar-refractivity contribution in [2.75, 3.05) is 26.9 Å². The summed E-state index contributed by atoms with van der Waals surface area (Å²) in [6, 6.07) is 13.0. The molecular formula is C22H22INO5S. The minimum Gasteiger partial charge on any atom is -0.493 e. The summed E-state index contributed by atoms with van der Waals surface area (Å²) in [5.74, 6) is 1.66. The number of ether oxygens (including phenoxy) is 3. The Morgan fingerprint density at radius 1 is 1.10 bits per heavy atom. The van der Waals surface area contributed by atoms with Gasteiger partial charge in [0.1, 0.15) is 12.4 Å². The molecule has 6 nitrogen and oxygen atoms in total. The Labute approximate surface area is 193 Å². The molecule has 2 aromatic rings. The summed E-state index contributed by atoms with van der Waals surface area (Å²) >= 11 is 3.11. The number of amides is 2. The van der Waals surface area contributed by atoms with E-state index in [2.05, 4.69) is 22.6 Å². The van der Waals surface area contributed by atoms with Gasteiger partial charge in [0.25, 0.3) is 11.1 Å². The van der Waals surface area contributed by atoms with Crippen LogP contribution in [0.25, 0.3) is 6.08 Å². The molecule has 0 aromatic heterocycles. The number of nitrogens with zero attached hydrogens (tertiary/aromatic N) is 1. The van der Waals surface area contributed by atoms with Gasteiger partial charge in [0.2, 0.25) is 0 Å². The summed E-state index contributed by atoms with van der Waals surface area (Å²) in [7, 11) is 1.58. The Hall–Kier alpha value is -2.20. The van der Waals surface area contributed by atoms with E-state index >= 15 is 0 Å². The molecule has 1 aliphatic rings. The van der Waals surface area contributed by atoms with Crippen LogP contribution in [0.3, 0.4) is 0 Å². The molecule has 0 unspecified atom stereocenters. The normalized spacial score (nSPS) is 15.0. The zero-order valence-electron chi connectivity index (χ0n) is 16.7. The highest BCUT2D eigenvalue weighted by Gasteiger charge is 2.34. The molecule has 0 atom stereocenters. The van der Waals surface area contributed by atoms with E-state index in [1.54, 1.807) is 19.3 Å². The number of halogens is 1. The van der Waals surface area contributed by atoms with Crippen LogP contribution in [-0.4, -0.2) is 42.9 Å². The largest absolute Gasteiger partial charge is 0.493 e. The maximum atomic E-state index is 12.7. The molecule has 0 aliphatic carbocycles. The highest BCUT2D eigenvalue weighted by Crippen LogP contribution is 2.37. The number of thioether (sulfide) groups is 1. The maximum Gasteiger partial charge on any atom is 0.293 e. The van der Waals surface area contributed by atoms with Crippen molar-refractivity contribution in [1.82, 2.24) is 4.90 Å². The number of hydrogen-bond donors (Lipinski definition) is 0. The second kappa shape index (κ2) is 10.7. The highest BCUT2D eigenvalue weighted by molar-refractivity contribution is 14.1. The van der Waals surface area contributed by atoms with Crippen LogP contribution < -0.4 is 14.2 Å². The first-order valence-electron chi connectivity index (χ1n) is 9.47. The monoisotopic (exact) mass is 539 g/mol. The van der Waals surface area contributed by atoms with Gasteiger partial charge in [0.15, 0.2) is 11.5 Å². The molecule has 0 saturated carbocycles. The van der Waals surface area contributed by atoms with Gasteiger partial charge in [-0.2, -0.15) is 0 Å². The number of methoxy groups -OCH3 is 1. The molecule has 1 fully saturated rings. The molecule has 158 valence electrons. The molecule has 3 rings (SSSR count). The summed E-state index contributed by atoms with van der Waals surface area (Å²) < 4.78 is 17.7. The third kappa shape index (κ3) is 5.48. The number of rotatable bonds is 9. The van der Waals surface area contributed by atoms with Gasteiger partial charge in [-0.1, -0.05) is 25.1 Å². The summed E-state index contributed by atoms with van der Waals surface area (Å²) in [5.41, 5.74) is 0.770. The number of hydrogen-bond acceptors (Lipinski definition) is 6. The molecule has 30 heavy (non-hydrogen) atoms. The van der Waals surface area contributed by atoms with E-state index in [1.165, 1.54) is 4.90 Å². The average molecular weight is 539 g/mol. The van der Waals surface area contributed by atoms with Crippen LogP contribution in [0.2, 0.25) is 0 Å². The van der Waals surface area contributed by atoms with Gasteiger partial charge in [-0.05, 0) is 76.7 Å². The van der Waals surface area contributed by atoms with Gasteiger partial charge >= 0.3 is 0 Å². The van der Waals surface area contributed by atoms with Crippen LogP contribution in [-0.2, 0) is 4.79 Å². The van der Waals surface area contributed by atoms with Crippen molar-refractivity contribution in [2.24, 2.45) is 0 Å². The van der Waals surface area contributed by atoms with E-state index in [1.807, 2.05) is 43.3 Å². The average Bonchev–Trinajstić information content (AvgIpc) is 3.00. The van der Waals surface area contributed by atoms with Gasteiger partial charge in [-0.15, -0.1) is 0 Å². The van der Waals surface area contributed by atoms with Crippen molar-refractivity contribution in [3.8, 4) is 17.2 Å². The maximum absolute atomic E-state index is 12.7. The fourth-order valence-electron chi connectivity index (χ4n) is 2.78. The van der Waals surface area contributed by atoms with Gasteiger partial charge in [0.05, 0.1) is 28.7 Å². The first-order chi connectivity index (χ1) is 14.5. The SMILES string of the molecule is CCCOc1c(I)cc(/C=C2\SC(=O)N(CCOc3ccccc3)C2=O)cc1OC. The highest BCUT2D eigenvalue weighted by atomic mass is 127. The second-order valence-corrected chi connectivity index (χ2v) is 8.53. The molecule has 0 N–H and O–H groups in total. The molecule has 2 amide bonds. The number of carbonyl (C=O) groups excluding carboxylic acids is 2. The van der Waals surface area contributed by atoms with Gasteiger partial charge in [0, 0.05) is 0 Å². The molecule has 0 bridgehead atoms. The molecule has 0 radical (unpaired) electrons. The quantitative estimate of drug-likeness (QED) is 0.323. The van der Waals surface area contributed by atoms with Gasteiger partial charge < -0.3 is 14.2 Å². The fourth-order valence-corrected chi connectivity index (χ4v) is 4.43. The minimum atomic E-state index is -0.318. The molecule has 2 aromatic carbocycles. The van der Waals surface area contributed by atoms with Crippen molar-refractivity contribution >= 4 is 51.6 Å². The summed E-state index contributed by atoms with van der Waals surface area (Å²) in [4.78, 5) is 26.6. The molecule has 0 spiro atoms. The predicted molar refractivity (Wildman–Crippen MR) is 126 cm³/mol. The number of benzene rings is 2. The van der Waals surface area contributed by atoms with E-state index < -0.39 is 0 Å². The lowest BCUT2D eigenvalue weighted by atomic mass is 10.2. The lowest BCUT2D eigenvalue weighted by molar-refractivity contribution is -0.123. The summed E-state index contributed by atoms with van der Waals surface area (Å²) in [6.45, 7) is 3.07. The van der Waals surface area contributed by atoms with E-state index in [0.29, 0.717) is 28.8 Å². The Balaban J connectivity index is 1.70. The van der Waals surface area contributed by atoms with Crippen molar-refractivity contribution in [3.63, 3.8) is 0 Å². The van der Waals surface area contributed by atoms with Crippen molar-refractivity contribution in [1.29, 1.82) is 0 Å². The third-order valence-electron chi connectivity index (χ3n) is 4.20. The third-order valence-corrected chi connectivity index (χ3v) is 5.91. The van der Waals surface area contributed by atoms with Crippen LogP contribution in [0.15, 0.2) is 47.4 Å². The topological polar surface area (TPSA) is 65.1 Å². The van der Waals surface area contributed by atoms with Crippen LogP contribution in [0.4, 0.5) is 4.79 Å². The van der Waals surface area contributed by atoms with E-state index in [0.717, 1.165) is 27.3 Å². The zero-order valence-corrected chi connectivity index (χ0v) is 19.7. The van der Waals surface area contributed by atoms with Gasteiger partial charge in [-0.3, -0.25) is 14.5 Å². The Morgan fingerprint density at radius 3 is 2.57 bits per heavy atom. The van der Waals surface area contributed by atoms with Crippen LogP contribution in [0.5, 0.6) is 17.2 Å². The zero-order chi connectivity index (χ0) is 21.5. The predicted octanol–water partition coefficient (Wildman–Crippen LogP) is 5.20. The van der Waals surface area contributed by atoms with E-state index in [-0.39, 0.29) is 24.3 Å². The van der Waals surface area contributed by atoms with Crippen molar-refractivity contribution in [3.05, 3.63) is 56.5 Å². The van der Waals surface area contributed by atoms with Crippen LogP contribution in [0.1, 0.15) is 18.9 Å². The standard InChI is InChI=1S/C22H22INO5S/c1-3-10-29-20-17(23)12-15(13-18(20)27-2)14-19-21(25)24(22(26)30-19)9-11-28-16-7-5-4-6-8-16/h4-8,12-14H,3,9-11H2,1-2H3/b19-14-. The van der Waals surface area contributed by atoms with E-state index in [9.17, 15) is 9.59 Å². The molecule has 8 heteroatoms. The lowest BCUT2D eigenvalue weighted by Gasteiger charge is -2.13. The van der Waals surface area contributed by atoms with Crippen LogP contribution in [0, 0.1) is 3.57 Å². The number of para-hydroxylation sites is 1. The first kappa shape index (κ1) is 22.5. The first-order valence-corrected chi connectivity index (χ1v) is 11.4. The Bertz CT molecular complexity index is 948. The summed E-state index contributed by atoms with van der Waals surface area (Å²) in [5, 5.41) is -0.299. The molecule has 1 aliphatic heterocycles. The van der Waals surface area contributed by atoms with Crippen molar-refractivity contribution < 1.29 is 23.8 Å². The lowest BCUT2D eigenvalue weighted by Crippen LogP contribution is -2.32. The van der Waals surface area contributed by atoms with Gasteiger partial charge in [-0.25, -0.2) is 0 Å². The number of carbonyl (C=O) groups is 2. The van der Waals surface area contributed by atoms with Crippen molar-refractivity contribution in [2.45, 2.75) is 13.3 Å². The molecule has 1 heterocycles. The Morgan fingerprint density at radius 2 is 1.87 bits per heavy atom.